The lowest BCUT2D eigenvalue weighted by Gasteiger charge is -2.08. The third-order valence-electron chi connectivity index (χ3n) is 2.29. The molecular formula is C11H10ClN5O2. The number of H-pyrrole nitrogens is 1. The van der Waals surface area contributed by atoms with Gasteiger partial charge in [-0.3, -0.25) is 20.4 Å². The van der Waals surface area contributed by atoms with E-state index in [0.717, 1.165) is 0 Å². The lowest BCUT2D eigenvalue weighted by molar-refractivity contribution is 0.0962. The Hall–Kier alpha value is -2.54. The number of anilines is 2. The minimum atomic E-state index is -0.488. The van der Waals surface area contributed by atoms with Crippen LogP contribution < -0.4 is 22.1 Å². The van der Waals surface area contributed by atoms with Crippen molar-refractivity contribution in [2.45, 2.75) is 0 Å². The summed E-state index contributed by atoms with van der Waals surface area (Å²) in [7, 11) is 0. The number of hydrogen-bond acceptors (Lipinski definition) is 5. The number of benzene rings is 1. The first-order valence-corrected chi connectivity index (χ1v) is 5.61. The number of carbonyl (C=O) groups excluding carboxylic acids is 1. The zero-order chi connectivity index (χ0) is 13.8. The molecular weight excluding hydrogens is 270 g/mol. The maximum absolute atomic E-state index is 11.8. The molecule has 0 atom stereocenters. The Kier molecular flexibility index (Phi) is 3.67. The van der Waals surface area contributed by atoms with Crippen molar-refractivity contribution in [2.24, 2.45) is 0 Å². The number of aromatic amines is 1. The molecule has 2 rings (SSSR count). The number of nitrogens with one attached hydrogen (secondary N) is 3. The molecule has 0 aliphatic carbocycles. The van der Waals surface area contributed by atoms with Crippen molar-refractivity contribution < 1.29 is 4.79 Å². The summed E-state index contributed by atoms with van der Waals surface area (Å²) in [5.41, 5.74) is 10.1. The fourth-order valence-corrected chi connectivity index (χ4v) is 1.43. The van der Waals surface area contributed by atoms with Crippen molar-refractivity contribution in [3.63, 3.8) is 0 Å². The Morgan fingerprint density at radius 3 is 2.68 bits per heavy atom. The number of rotatable bonds is 3. The van der Waals surface area contributed by atoms with Crippen molar-refractivity contribution in [1.82, 2.24) is 15.4 Å². The number of aromatic nitrogens is 2. The predicted octanol–water partition coefficient (Wildman–Crippen LogP) is 0.762. The number of carbonyl (C=O) groups is 1. The minimum absolute atomic E-state index is 0.0751. The van der Waals surface area contributed by atoms with Gasteiger partial charge in [0.15, 0.2) is 5.82 Å². The van der Waals surface area contributed by atoms with E-state index < -0.39 is 11.5 Å². The maximum atomic E-state index is 11.8. The molecule has 1 aromatic carbocycles. The van der Waals surface area contributed by atoms with Crippen molar-refractivity contribution in [1.29, 1.82) is 0 Å². The van der Waals surface area contributed by atoms with E-state index in [0.29, 0.717) is 10.6 Å². The van der Waals surface area contributed by atoms with Crippen LogP contribution >= 0.6 is 11.6 Å². The summed E-state index contributed by atoms with van der Waals surface area (Å²) in [6.45, 7) is 0. The Balaban J connectivity index is 2.06. The molecule has 1 heterocycles. The number of nitrogens with zero attached hydrogens (tertiary/aromatic N) is 1. The van der Waals surface area contributed by atoms with Crippen LogP contribution in [0.25, 0.3) is 0 Å². The van der Waals surface area contributed by atoms with Gasteiger partial charge in [-0.15, -0.1) is 0 Å². The Labute approximate surface area is 112 Å². The van der Waals surface area contributed by atoms with E-state index in [2.05, 4.69) is 20.8 Å². The molecule has 5 N–H and O–H groups in total. The molecule has 0 fully saturated rings. The van der Waals surface area contributed by atoms with Gasteiger partial charge in [-0.2, -0.15) is 0 Å². The van der Waals surface area contributed by atoms with Gasteiger partial charge in [0, 0.05) is 10.6 Å². The predicted molar refractivity (Wildman–Crippen MR) is 71.8 cm³/mol. The molecule has 0 aliphatic rings. The van der Waals surface area contributed by atoms with E-state index in [1.807, 2.05) is 0 Å². The van der Waals surface area contributed by atoms with E-state index in [9.17, 15) is 9.59 Å². The highest BCUT2D eigenvalue weighted by Crippen LogP contribution is 2.10. The third-order valence-corrected chi connectivity index (χ3v) is 2.54. The molecule has 0 radical (unpaired) electrons. The highest BCUT2D eigenvalue weighted by molar-refractivity contribution is 6.30. The first-order valence-electron chi connectivity index (χ1n) is 5.23. The van der Waals surface area contributed by atoms with Gasteiger partial charge in [-0.1, -0.05) is 11.6 Å². The first-order chi connectivity index (χ1) is 9.08. The zero-order valence-electron chi connectivity index (χ0n) is 9.61. The summed E-state index contributed by atoms with van der Waals surface area (Å²) in [5, 5.41) is 0.532. The molecule has 7 nitrogen and oxygen atoms in total. The monoisotopic (exact) mass is 279 g/mol. The van der Waals surface area contributed by atoms with Gasteiger partial charge >= 0.3 is 0 Å². The van der Waals surface area contributed by atoms with Crippen molar-refractivity contribution in [3.05, 3.63) is 51.5 Å². The average molecular weight is 280 g/mol. The van der Waals surface area contributed by atoms with Crippen LogP contribution in [-0.2, 0) is 0 Å². The largest absolute Gasteiger partial charge is 0.391 e. The first kappa shape index (κ1) is 12.9. The van der Waals surface area contributed by atoms with E-state index in [1.54, 1.807) is 24.3 Å². The summed E-state index contributed by atoms with van der Waals surface area (Å²) in [6, 6.07) is 6.31. The quantitative estimate of drug-likeness (QED) is 0.620. The van der Waals surface area contributed by atoms with Crippen LogP contribution in [0.4, 0.5) is 11.5 Å². The van der Waals surface area contributed by atoms with Crippen LogP contribution in [0.1, 0.15) is 10.4 Å². The topological polar surface area (TPSA) is 113 Å². The molecule has 1 aromatic heterocycles. The van der Waals surface area contributed by atoms with Gasteiger partial charge in [-0.25, -0.2) is 4.98 Å². The molecule has 0 saturated heterocycles. The molecule has 0 bridgehead atoms. The fraction of sp³-hybridized carbons (Fsp3) is 0. The van der Waals surface area contributed by atoms with Gasteiger partial charge in [-0.05, 0) is 24.3 Å². The molecule has 8 heteroatoms. The lowest BCUT2D eigenvalue weighted by atomic mass is 10.2. The summed E-state index contributed by atoms with van der Waals surface area (Å²) in [4.78, 5) is 29.1. The molecule has 0 aliphatic heterocycles. The lowest BCUT2D eigenvalue weighted by Crippen LogP contribution is -2.31. The Morgan fingerprint density at radius 1 is 1.32 bits per heavy atom. The second kappa shape index (κ2) is 5.40. The van der Waals surface area contributed by atoms with Gasteiger partial charge in [0.2, 0.25) is 0 Å². The van der Waals surface area contributed by atoms with Crippen LogP contribution in [-0.4, -0.2) is 15.9 Å². The second-order valence-corrected chi connectivity index (χ2v) is 4.02. The standard InChI is InChI=1S/C11H10ClN5O2/c12-7-3-1-6(2-4-7)10(18)17-16-9-8(13)11(19)15-5-14-9/h1-5H,13H2,(H,17,18)(H2,14,15,16,19). The van der Waals surface area contributed by atoms with Crippen LogP contribution in [0, 0.1) is 0 Å². The number of nitrogen functional groups attached to an aromatic ring is 1. The average Bonchev–Trinajstić information content (AvgIpc) is 2.41. The SMILES string of the molecule is Nc1c(NNC(=O)c2ccc(Cl)cc2)nc[nH]c1=O. The molecule has 0 saturated carbocycles. The summed E-state index contributed by atoms with van der Waals surface area (Å²) >= 11 is 5.72. The number of halogens is 1. The van der Waals surface area contributed by atoms with Crippen molar-refractivity contribution >= 4 is 29.0 Å². The van der Waals surface area contributed by atoms with Gasteiger partial charge in [0.25, 0.3) is 11.5 Å². The normalized spacial score (nSPS) is 9.95. The molecule has 1 amide bonds. The maximum Gasteiger partial charge on any atom is 0.276 e. The van der Waals surface area contributed by atoms with E-state index in [4.69, 9.17) is 17.3 Å². The number of hydrogen-bond donors (Lipinski definition) is 4. The van der Waals surface area contributed by atoms with Gasteiger partial charge in [0.05, 0.1) is 6.33 Å². The van der Waals surface area contributed by atoms with Crippen molar-refractivity contribution in [2.75, 3.05) is 11.2 Å². The summed E-state index contributed by atoms with van der Waals surface area (Å²) in [5.74, 6) is -0.329. The van der Waals surface area contributed by atoms with Crippen LogP contribution in [0.3, 0.4) is 0 Å². The molecule has 0 unspecified atom stereocenters. The fourth-order valence-electron chi connectivity index (χ4n) is 1.30. The number of hydrazine groups is 1. The van der Waals surface area contributed by atoms with Gasteiger partial charge in [0.1, 0.15) is 5.69 Å². The number of amides is 1. The third kappa shape index (κ3) is 3.02. The minimum Gasteiger partial charge on any atom is -0.391 e. The van der Waals surface area contributed by atoms with Crippen molar-refractivity contribution in [3.8, 4) is 0 Å². The number of nitrogens with two attached hydrogens (primary N) is 1. The zero-order valence-corrected chi connectivity index (χ0v) is 10.4. The Bertz CT molecular complexity index is 653. The molecule has 2 aromatic rings. The van der Waals surface area contributed by atoms with E-state index in [1.165, 1.54) is 6.33 Å². The molecule has 0 spiro atoms. The van der Waals surface area contributed by atoms with Crippen LogP contribution in [0.5, 0.6) is 0 Å². The van der Waals surface area contributed by atoms with Gasteiger partial charge < -0.3 is 10.7 Å². The highest BCUT2D eigenvalue weighted by atomic mass is 35.5. The van der Waals surface area contributed by atoms with E-state index >= 15 is 0 Å². The van der Waals surface area contributed by atoms with Crippen LogP contribution in [0.2, 0.25) is 5.02 Å². The molecule has 98 valence electrons. The van der Waals surface area contributed by atoms with Crippen LogP contribution in [0.15, 0.2) is 35.4 Å². The van der Waals surface area contributed by atoms with E-state index in [-0.39, 0.29) is 11.5 Å². The molecule has 19 heavy (non-hydrogen) atoms. The smallest absolute Gasteiger partial charge is 0.276 e. The summed E-state index contributed by atoms with van der Waals surface area (Å²) < 4.78 is 0. The second-order valence-electron chi connectivity index (χ2n) is 3.58. The Morgan fingerprint density at radius 2 is 2.00 bits per heavy atom. The summed E-state index contributed by atoms with van der Waals surface area (Å²) in [6.07, 6.45) is 1.18. The highest BCUT2D eigenvalue weighted by Gasteiger charge is 2.07.